The monoisotopic (exact) mass is 359 g/mol. The van der Waals surface area contributed by atoms with Crippen LogP contribution in [0.15, 0.2) is 27.9 Å². The predicted molar refractivity (Wildman–Crippen MR) is 107 cm³/mol. The SMILES string of the molecule is C=Cc1cc(O)c(C2CCN(C)C2CCC)c2oc(PC)cc(=O)c12. The van der Waals surface area contributed by atoms with Gasteiger partial charge in [0.05, 0.1) is 5.39 Å². The van der Waals surface area contributed by atoms with Gasteiger partial charge in [0.25, 0.3) is 0 Å². The number of rotatable bonds is 5. The number of hydrogen-bond acceptors (Lipinski definition) is 4. The summed E-state index contributed by atoms with van der Waals surface area (Å²) in [6, 6.07) is 3.59. The molecule has 0 aliphatic carbocycles. The number of likely N-dealkylation sites (N-methyl/N-ethyl adjacent to an activating group) is 1. The molecule has 3 rings (SSSR count). The zero-order valence-corrected chi connectivity index (χ0v) is 16.1. The smallest absolute Gasteiger partial charge is 0.193 e. The van der Waals surface area contributed by atoms with E-state index in [1.807, 2.05) is 6.66 Å². The first-order valence-electron chi connectivity index (χ1n) is 8.85. The fourth-order valence-corrected chi connectivity index (χ4v) is 4.55. The van der Waals surface area contributed by atoms with Crippen LogP contribution in [0.5, 0.6) is 5.75 Å². The van der Waals surface area contributed by atoms with Gasteiger partial charge in [-0.2, -0.15) is 0 Å². The van der Waals surface area contributed by atoms with Crippen LogP contribution in [-0.2, 0) is 0 Å². The number of phenolic OH excluding ortho intramolecular Hbond substituents is 1. The Balaban J connectivity index is 2.31. The van der Waals surface area contributed by atoms with Gasteiger partial charge in [0.2, 0.25) is 0 Å². The van der Waals surface area contributed by atoms with Crippen LogP contribution in [0.1, 0.15) is 43.2 Å². The van der Waals surface area contributed by atoms with Crippen molar-refractivity contribution in [3.05, 3.63) is 40.1 Å². The maximum absolute atomic E-state index is 12.7. The van der Waals surface area contributed by atoms with Crippen molar-refractivity contribution >= 4 is 31.1 Å². The van der Waals surface area contributed by atoms with Gasteiger partial charge in [0.15, 0.2) is 5.43 Å². The van der Waals surface area contributed by atoms with Crippen LogP contribution in [0, 0.1) is 0 Å². The summed E-state index contributed by atoms with van der Waals surface area (Å²) in [6.45, 7) is 8.95. The van der Waals surface area contributed by atoms with E-state index in [0.717, 1.165) is 31.4 Å². The molecule has 1 aromatic heterocycles. The molecule has 1 aromatic carbocycles. The summed E-state index contributed by atoms with van der Waals surface area (Å²) in [5.41, 5.74) is 2.60. The number of nitrogens with zero attached hydrogens (tertiary/aromatic N) is 1. The average Bonchev–Trinajstić information content (AvgIpc) is 2.94. The second-order valence-corrected chi connectivity index (χ2v) is 7.76. The lowest BCUT2D eigenvalue weighted by Gasteiger charge is -2.26. The first-order chi connectivity index (χ1) is 12.0. The second-order valence-electron chi connectivity index (χ2n) is 6.76. The Hall–Kier alpha value is -1.64. The van der Waals surface area contributed by atoms with Crippen LogP contribution in [0.4, 0.5) is 0 Å². The Bertz CT molecular complexity index is 858. The molecule has 4 nitrogen and oxygen atoms in total. The summed E-state index contributed by atoms with van der Waals surface area (Å²) in [4.78, 5) is 15.0. The lowest BCUT2D eigenvalue weighted by Crippen LogP contribution is -2.28. The highest BCUT2D eigenvalue weighted by molar-refractivity contribution is 7.45. The zero-order valence-electron chi connectivity index (χ0n) is 15.1. The molecule has 1 N–H and O–H groups in total. The number of fused-ring (bicyclic) bond motifs is 1. The fourth-order valence-electron chi connectivity index (χ4n) is 4.07. The van der Waals surface area contributed by atoms with Crippen molar-refractivity contribution in [2.45, 2.75) is 38.1 Å². The molecule has 3 atom stereocenters. The molecular weight excluding hydrogens is 333 g/mol. The average molecular weight is 359 g/mol. The van der Waals surface area contributed by atoms with E-state index < -0.39 is 0 Å². The summed E-state index contributed by atoms with van der Waals surface area (Å²) in [7, 11) is 2.53. The van der Waals surface area contributed by atoms with E-state index in [0.29, 0.717) is 36.7 Å². The van der Waals surface area contributed by atoms with Gasteiger partial charge in [-0.05, 0) is 44.7 Å². The fraction of sp³-hybridized carbons (Fsp3) is 0.450. The Morgan fingerprint density at radius 1 is 1.48 bits per heavy atom. The second kappa shape index (κ2) is 7.31. The molecule has 1 aliphatic heterocycles. The molecule has 0 amide bonds. The molecular formula is C20H26NO3P. The summed E-state index contributed by atoms with van der Waals surface area (Å²) in [5, 5.41) is 11.3. The van der Waals surface area contributed by atoms with Crippen LogP contribution in [0.25, 0.3) is 17.0 Å². The third-order valence-electron chi connectivity index (χ3n) is 5.29. The van der Waals surface area contributed by atoms with Gasteiger partial charge >= 0.3 is 0 Å². The van der Waals surface area contributed by atoms with Crippen LogP contribution >= 0.6 is 8.58 Å². The highest BCUT2D eigenvalue weighted by Crippen LogP contribution is 2.43. The third kappa shape index (κ3) is 3.14. The van der Waals surface area contributed by atoms with Gasteiger partial charge in [-0.1, -0.05) is 34.6 Å². The normalized spacial score (nSPS) is 21.6. The molecule has 1 saturated heterocycles. The van der Waals surface area contributed by atoms with Crippen molar-refractivity contribution in [1.82, 2.24) is 4.90 Å². The first-order valence-corrected chi connectivity index (χ1v) is 10.4. The van der Waals surface area contributed by atoms with E-state index in [1.54, 1.807) is 18.2 Å². The van der Waals surface area contributed by atoms with Crippen molar-refractivity contribution in [3.8, 4) is 5.75 Å². The standard InChI is InChI=1S/C20H26NO3P/c1-5-7-14-13(8-9-21(14)3)19-15(22)10-12(6-2)18-16(23)11-17(25-4)24-20(18)19/h6,10-11,13-14,22,25H,2,5,7-9H2,1,3-4H3. The minimum Gasteiger partial charge on any atom is -0.507 e. The predicted octanol–water partition coefficient (Wildman–Crippen LogP) is 3.66. The number of phenols is 1. The van der Waals surface area contributed by atoms with Crippen LogP contribution in [0.2, 0.25) is 0 Å². The van der Waals surface area contributed by atoms with Crippen molar-refractivity contribution in [2.75, 3.05) is 20.3 Å². The Kier molecular flexibility index (Phi) is 5.31. The molecule has 0 radical (unpaired) electrons. The van der Waals surface area contributed by atoms with Crippen molar-refractivity contribution in [1.29, 1.82) is 0 Å². The van der Waals surface area contributed by atoms with E-state index in [4.69, 9.17) is 4.42 Å². The highest BCUT2D eigenvalue weighted by atomic mass is 31.1. The largest absolute Gasteiger partial charge is 0.507 e. The molecule has 0 spiro atoms. The molecule has 1 fully saturated rings. The van der Waals surface area contributed by atoms with Crippen LogP contribution in [-0.4, -0.2) is 36.3 Å². The molecule has 3 unspecified atom stereocenters. The summed E-state index contributed by atoms with van der Waals surface area (Å²) >= 11 is 0. The number of aromatic hydroxyl groups is 1. The maximum atomic E-state index is 12.7. The topological polar surface area (TPSA) is 53.7 Å². The van der Waals surface area contributed by atoms with Crippen molar-refractivity contribution in [3.63, 3.8) is 0 Å². The number of likely N-dealkylation sites (tertiary alicyclic amines) is 1. The van der Waals surface area contributed by atoms with Gasteiger partial charge in [-0.25, -0.2) is 0 Å². The quantitative estimate of drug-likeness (QED) is 0.828. The first kappa shape index (κ1) is 18.2. The minimum absolute atomic E-state index is 0.0554. The van der Waals surface area contributed by atoms with Gasteiger partial charge in [0, 0.05) is 23.6 Å². The van der Waals surface area contributed by atoms with Gasteiger partial charge in [-0.15, -0.1) is 0 Å². The Morgan fingerprint density at radius 3 is 2.88 bits per heavy atom. The van der Waals surface area contributed by atoms with Crippen LogP contribution in [0.3, 0.4) is 0 Å². The Labute approximate surface area is 150 Å². The summed E-state index contributed by atoms with van der Waals surface area (Å²) < 4.78 is 6.11. The van der Waals surface area contributed by atoms with Crippen molar-refractivity contribution < 1.29 is 9.52 Å². The number of hydrogen-bond donors (Lipinski definition) is 1. The third-order valence-corrected chi connectivity index (χ3v) is 6.03. The van der Waals surface area contributed by atoms with Gasteiger partial charge in [0.1, 0.15) is 16.8 Å². The molecule has 0 bridgehead atoms. The molecule has 2 heterocycles. The minimum atomic E-state index is -0.0554. The molecule has 25 heavy (non-hydrogen) atoms. The van der Waals surface area contributed by atoms with Crippen molar-refractivity contribution in [2.24, 2.45) is 0 Å². The summed E-state index contributed by atoms with van der Waals surface area (Å²) in [6.07, 6.45) is 4.71. The Morgan fingerprint density at radius 2 is 2.24 bits per heavy atom. The zero-order chi connectivity index (χ0) is 18.1. The molecule has 2 aromatic rings. The van der Waals surface area contributed by atoms with Gasteiger partial charge in [-0.3, -0.25) is 4.79 Å². The van der Waals surface area contributed by atoms with E-state index in [9.17, 15) is 9.90 Å². The number of benzene rings is 1. The van der Waals surface area contributed by atoms with E-state index >= 15 is 0 Å². The molecule has 5 heteroatoms. The highest BCUT2D eigenvalue weighted by Gasteiger charge is 2.36. The van der Waals surface area contributed by atoms with Crippen LogP contribution < -0.4 is 10.9 Å². The summed E-state index contributed by atoms with van der Waals surface area (Å²) in [5.74, 6) is 0.383. The van der Waals surface area contributed by atoms with E-state index in [-0.39, 0.29) is 17.1 Å². The van der Waals surface area contributed by atoms with E-state index in [2.05, 4.69) is 25.5 Å². The molecule has 1 aliphatic rings. The van der Waals surface area contributed by atoms with E-state index in [1.165, 1.54) is 0 Å². The lowest BCUT2D eigenvalue weighted by molar-refractivity contribution is 0.279. The maximum Gasteiger partial charge on any atom is 0.193 e. The molecule has 134 valence electrons. The molecule has 0 saturated carbocycles. The lowest BCUT2D eigenvalue weighted by atomic mass is 9.86. The van der Waals surface area contributed by atoms with Gasteiger partial charge < -0.3 is 14.4 Å².